The number of hydrogen-bond acceptors (Lipinski definition) is 3. The molecule has 3 heteroatoms. The normalized spacial score (nSPS) is 28.1. The highest BCUT2D eigenvalue weighted by Crippen LogP contribution is 2.32. The molecule has 3 nitrogen and oxygen atoms in total. The second-order valence-electron chi connectivity index (χ2n) is 4.03. The average molecular weight is 171 g/mol. The van der Waals surface area contributed by atoms with Crippen molar-refractivity contribution in [3.05, 3.63) is 0 Å². The number of esters is 1. The molecule has 0 bridgehead atoms. The van der Waals surface area contributed by atoms with Gasteiger partial charge in [0.15, 0.2) is 0 Å². The Hall–Kier alpha value is -0.570. The van der Waals surface area contributed by atoms with Crippen molar-refractivity contribution in [2.24, 2.45) is 11.3 Å². The summed E-state index contributed by atoms with van der Waals surface area (Å²) in [4.78, 5) is 11.3. The summed E-state index contributed by atoms with van der Waals surface area (Å²) in [5.41, 5.74) is 0.0331. The molecule has 70 valence electrons. The quantitative estimate of drug-likeness (QED) is 0.593. The van der Waals surface area contributed by atoms with Gasteiger partial charge in [0.2, 0.25) is 0 Å². The summed E-state index contributed by atoms with van der Waals surface area (Å²) >= 11 is 0. The molecule has 0 amide bonds. The first kappa shape index (κ1) is 9.52. The SMILES string of the molecule is COC(=O)[C@@H]1CCNCC1(C)C. The monoisotopic (exact) mass is 171 g/mol. The lowest BCUT2D eigenvalue weighted by molar-refractivity contribution is -0.150. The van der Waals surface area contributed by atoms with Crippen molar-refractivity contribution in [3.63, 3.8) is 0 Å². The highest BCUT2D eigenvalue weighted by atomic mass is 16.5. The van der Waals surface area contributed by atoms with Gasteiger partial charge in [-0.2, -0.15) is 0 Å². The van der Waals surface area contributed by atoms with Crippen molar-refractivity contribution in [2.75, 3.05) is 20.2 Å². The van der Waals surface area contributed by atoms with Crippen molar-refractivity contribution >= 4 is 5.97 Å². The minimum absolute atomic E-state index is 0.0331. The Bertz CT molecular complexity index is 177. The molecule has 1 rings (SSSR count). The molecule has 0 aromatic carbocycles. The Morgan fingerprint density at radius 2 is 2.25 bits per heavy atom. The van der Waals surface area contributed by atoms with Crippen molar-refractivity contribution in [1.29, 1.82) is 0 Å². The smallest absolute Gasteiger partial charge is 0.309 e. The number of carbonyl (C=O) groups excluding carboxylic acids is 1. The third-order valence-corrected chi connectivity index (χ3v) is 2.62. The van der Waals surface area contributed by atoms with E-state index in [1.54, 1.807) is 0 Å². The van der Waals surface area contributed by atoms with Crippen molar-refractivity contribution in [1.82, 2.24) is 5.32 Å². The number of carbonyl (C=O) groups is 1. The maximum absolute atomic E-state index is 11.3. The van der Waals surface area contributed by atoms with Crippen molar-refractivity contribution in [2.45, 2.75) is 20.3 Å². The van der Waals surface area contributed by atoms with Crippen LogP contribution in [0.15, 0.2) is 0 Å². The van der Waals surface area contributed by atoms with E-state index in [4.69, 9.17) is 4.74 Å². The molecule has 12 heavy (non-hydrogen) atoms. The number of hydrogen-bond donors (Lipinski definition) is 1. The van der Waals surface area contributed by atoms with Crippen LogP contribution in [0.25, 0.3) is 0 Å². The van der Waals surface area contributed by atoms with Gasteiger partial charge in [0, 0.05) is 6.54 Å². The number of rotatable bonds is 1. The lowest BCUT2D eigenvalue weighted by atomic mass is 9.75. The van der Waals surface area contributed by atoms with Gasteiger partial charge in [-0.3, -0.25) is 4.79 Å². The maximum Gasteiger partial charge on any atom is 0.309 e. The van der Waals surface area contributed by atoms with Crippen LogP contribution in [-0.4, -0.2) is 26.2 Å². The lowest BCUT2D eigenvalue weighted by Crippen LogP contribution is -2.46. The van der Waals surface area contributed by atoms with E-state index < -0.39 is 0 Å². The zero-order valence-electron chi connectivity index (χ0n) is 8.02. The van der Waals surface area contributed by atoms with Crippen LogP contribution in [0.4, 0.5) is 0 Å². The summed E-state index contributed by atoms with van der Waals surface area (Å²) < 4.78 is 4.76. The van der Waals surface area contributed by atoms with E-state index in [-0.39, 0.29) is 17.3 Å². The summed E-state index contributed by atoms with van der Waals surface area (Å²) in [5, 5.41) is 3.28. The molecule has 1 heterocycles. The summed E-state index contributed by atoms with van der Waals surface area (Å²) in [6.07, 6.45) is 0.889. The van der Waals surface area contributed by atoms with E-state index in [1.807, 2.05) is 0 Å². The van der Waals surface area contributed by atoms with Crippen LogP contribution < -0.4 is 5.32 Å². The molecule has 1 aliphatic heterocycles. The van der Waals surface area contributed by atoms with E-state index in [0.29, 0.717) is 0 Å². The van der Waals surface area contributed by atoms with Gasteiger partial charge < -0.3 is 10.1 Å². The zero-order valence-corrected chi connectivity index (χ0v) is 8.02. The molecule has 1 N–H and O–H groups in total. The first-order valence-corrected chi connectivity index (χ1v) is 4.36. The number of nitrogens with one attached hydrogen (secondary N) is 1. The molecule has 0 radical (unpaired) electrons. The van der Waals surface area contributed by atoms with Gasteiger partial charge in [-0.1, -0.05) is 13.8 Å². The van der Waals surface area contributed by atoms with E-state index in [9.17, 15) is 4.79 Å². The standard InChI is InChI=1S/C9H17NO2/c1-9(2)6-10-5-4-7(9)8(11)12-3/h7,10H,4-6H2,1-3H3/t7-/m0/s1. The molecule has 1 atom stereocenters. The second-order valence-corrected chi connectivity index (χ2v) is 4.03. The Morgan fingerprint density at radius 1 is 1.58 bits per heavy atom. The van der Waals surface area contributed by atoms with Gasteiger partial charge in [0.1, 0.15) is 0 Å². The highest BCUT2D eigenvalue weighted by Gasteiger charge is 2.37. The molecule has 0 spiro atoms. The van der Waals surface area contributed by atoms with Crippen LogP contribution in [0, 0.1) is 11.3 Å². The Kier molecular flexibility index (Phi) is 2.73. The van der Waals surface area contributed by atoms with Gasteiger partial charge in [-0.05, 0) is 18.4 Å². The minimum atomic E-state index is -0.0681. The molecule has 1 saturated heterocycles. The molecule has 0 aromatic rings. The Balaban J connectivity index is 2.66. The fourth-order valence-electron chi connectivity index (χ4n) is 1.75. The fourth-order valence-corrected chi connectivity index (χ4v) is 1.75. The molecule has 1 fully saturated rings. The molecule has 0 aliphatic carbocycles. The van der Waals surface area contributed by atoms with Crippen LogP contribution >= 0.6 is 0 Å². The average Bonchev–Trinajstić information content (AvgIpc) is 2.02. The van der Waals surface area contributed by atoms with Gasteiger partial charge in [-0.15, -0.1) is 0 Å². The summed E-state index contributed by atoms with van der Waals surface area (Å²) in [5.74, 6) is -0.00903. The first-order chi connectivity index (χ1) is 5.58. The lowest BCUT2D eigenvalue weighted by Gasteiger charge is -2.36. The van der Waals surface area contributed by atoms with E-state index in [2.05, 4.69) is 19.2 Å². The van der Waals surface area contributed by atoms with Crippen molar-refractivity contribution < 1.29 is 9.53 Å². The third-order valence-electron chi connectivity index (χ3n) is 2.62. The minimum Gasteiger partial charge on any atom is -0.469 e. The van der Waals surface area contributed by atoms with Crippen LogP contribution in [-0.2, 0) is 9.53 Å². The van der Waals surface area contributed by atoms with E-state index in [0.717, 1.165) is 19.5 Å². The Labute approximate surface area is 73.5 Å². The van der Waals surface area contributed by atoms with Gasteiger partial charge in [0.25, 0.3) is 0 Å². The van der Waals surface area contributed by atoms with E-state index >= 15 is 0 Å². The summed E-state index contributed by atoms with van der Waals surface area (Å²) in [6.45, 7) is 6.01. The van der Waals surface area contributed by atoms with Crippen LogP contribution in [0.1, 0.15) is 20.3 Å². The third kappa shape index (κ3) is 1.78. The molecule has 1 aliphatic rings. The highest BCUT2D eigenvalue weighted by molar-refractivity contribution is 5.73. The topological polar surface area (TPSA) is 38.3 Å². The van der Waals surface area contributed by atoms with E-state index in [1.165, 1.54) is 7.11 Å². The molecule has 0 unspecified atom stereocenters. The second kappa shape index (κ2) is 3.44. The van der Waals surface area contributed by atoms with Gasteiger partial charge >= 0.3 is 5.97 Å². The number of ether oxygens (including phenoxy) is 1. The number of methoxy groups -OCH3 is 1. The molecule has 0 saturated carbocycles. The predicted octanol–water partition coefficient (Wildman–Crippen LogP) is 0.795. The van der Waals surface area contributed by atoms with Gasteiger partial charge in [-0.25, -0.2) is 0 Å². The van der Waals surface area contributed by atoms with Crippen LogP contribution in [0.2, 0.25) is 0 Å². The van der Waals surface area contributed by atoms with Gasteiger partial charge in [0.05, 0.1) is 13.0 Å². The number of piperidine rings is 1. The van der Waals surface area contributed by atoms with Crippen LogP contribution in [0.5, 0.6) is 0 Å². The zero-order chi connectivity index (χ0) is 9.19. The predicted molar refractivity (Wildman–Crippen MR) is 46.8 cm³/mol. The molecular formula is C9H17NO2. The first-order valence-electron chi connectivity index (χ1n) is 4.36. The molecule has 0 aromatic heterocycles. The summed E-state index contributed by atoms with van der Waals surface area (Å²) in [6, 6.07) is 0. The summed E-state index contributed by atoms with van der Waals surface area (Å²) in [7, 11) is 1.46. The van der Waals surface area contributed by atoms with Crippen molar-refractivity contribution in [3.8, 4) is 0 Å². The fraction of sp³-hybridized carbons (Fsp3) is 0.889. The maximum atomic E-state index is 11.3. The molecular weight excluding hydrogens is 154 g/mol. The Morgan fingerprint density at radius 3 is 2.75 bits per heavy atom. The van der Waals surface area contributed by atoms with Crippen LogP contribution in [0.3, 0.4) is 0 Å². The largest absolute Gasteiger partial charge is 0.469 e.